The first-order chi connectivity index (χ1) is 15.7. The molecule has 1 aromatic carbocycles. The first-order valence-corrected chi connectivity index (χ1v) is 12.5. The molecule has 0 spiro atoms. The lowest BCUT2D eigenvalue weighted by atomic mass is 10.1. The van der Waals surface area contributed by atoms with Crippen LogP contribution in [0.15, 0.2) is 39.9 Å². The Bertz CT molecular complexity index is 1240. The highest BCUT2D eigenvalue weighted by Crippen LogP contribution is 2.25. The molecule has 3 heterocycles. The third kappa shape index (κ3) is 4.32. The summed E-state index contributed by atoms with van der Waals surface area (Å²) in [5.74, 6) is 0.155. The number of benzene rings is 1. The highest BCUT2D eigenvalue weighted by atomic mass is 32.2. The summed E-state index contributed by atoms with van der Waals surface area (Å²) in [5, 5.41) is 8.26. The van der Waals surface area contributed by atoms with Crippen LogP contribution in [0.25, 0.3) is 5.69 Å². The number of carbonyl (C=O) groups excluding carboxylic acids is 1. The molecule has 0 bridgehead atoms. The van der Waals surface area contributed by atoms with Crippen LogP contribution in [-0.2, 0) is 16.4 Å². The molecule has 1 amide bonds. The lowest BCUT2D eigenvalue weighted by Crippen LogP contribution is -2.37. The molecule has 0 radical (unpaired) electrons. The second-order valence-electron chi connectivity index (χ2n) is 8.31. The molecule has 2 aromatic heterocycles. The van der Waals surface area contributed by atoms with Crippen molar-refractivity contribution >= 4 is 15.9 Å². The summed E-state index contributed by atoms with van der Waals surface area (Å²) in [6, 6.07) is 8.00. The average Bonchev–Trinajstić information content (AvgIpc) is 3.26. The first-order valence-electron chi connectivity index (χ1n) is 11.1. The minimum atomic E-state index is -3.74. The number of hydrogen-bond acceptors (Lipinski definition) is 6. The average molecular weight is 472 g/mol. The number of rotatable bonds is 5. The molecule has 4 rings (SSSR count). The topological polar surface area (TPSA) is 102 Å². The molecule has 3 aromatic rings. The summed E-state index contributed by atoms with van der Waals surface area (Å²) >= 11 is 0. The number of hydrogen-bond donors (Lipinski definition) is 0. The summed E-state index contributed by atoms with van der Waals surface area (Å²) in [6.07, 6.45) is 2.81. The van der Waals surface area contributed by atoms with Gasteiger partial charge in [-0.15, -0.1) is 0 Å². The number of aryl methyl sites for hydroxylation is 3. The summed E-state index contributed by atoms with van der Waals surface area (Å²) in [7, 11) is -3.74. The van der Waals surface area contributed by atoms with E-state index >= 15 is 0 Å². The van der Waals surface area contributed by atoms with Gasteiger partial charge in [-0.3, -0.25) is 4.79 Å². The Morgan fingerprint density at radius 3 is 2.42 bits per heavy atom. The number of carbonyl (C=O) groups is 1. The molecule has 1 saturated heterocycles. The van der Waals surface area contributed by atoms with Crippen molar-refractivity contribution in [3.63, 3.8) is 0 Å². The molecule has 0 unspecified atom stereocenters. The van der Waals surface area contributed by atoms with Crippen LogP contribution in [0.2, 0.25) is 0 Å². The van der Waals surface area contributed by atoms with Crippen LogP contribution in [0.5, 0.6) is 0 Å². The highest BCUT2D eigenvalue weighted by Gasteiger charge is 2.33. The fourth-order valence-corrected chi connectivity index (χ4v) is 6.04. The fourth-order valence-electron chi connectivity index (χ4n) is 4.28. The molecular formula is C23H29N5O4S. The third-order valence-corrected chi connectivity index (χ3v) is 8.16. The Labute approximate surface area is 194 Å². The SMILES string of the molecule is CCc1c(C(=O)N2CCCN(S(=O)(=O)c3c(C)noc3C)CC2)cnn1-c1ccc(C)cc1. The quantitative estimate of drug-likeness (QED) is 0.567. The van der Waals surface area contributed by atoms with E-state index < -0.39 is 10.0 Å². The van der Waals surface area contributed by atoms with Gasteiger partial charge in [-0.25, -0.2) is 13.1 Å². The van der Waals surface area contributed by atoms with E-state index in [1.807, 2.05) is 38.1 Å². The highest BCUT2D eigenvalue weighted by molar-refractivity contribution is 7.89. The molecule has 1 fully saturated rings. The molecule has 10 heteroatoms. The smallest absolute Gasteiger partial charge is 0.257 e. The lowest BCUT2D eigenvalue weighted by molar-refractivity contribution is 0.0763. The monoisotopic (exact) mass is 471 g/mol. The largest absolute Gasteiger partial charge is 0.360 e. The molecule has 0 N–H and O–H groups in total. The Balaban J connectivity index is 1.54. The summed E-state index contributed by atoms with van der Waals surface area (Å²) < 4.78 is 34.7. The van der Waals surface area contributed by atoms with Gasteiger partial charge in [0.05, 0.1) is 23.1 Å². The lowest BCUT2D eigenvalue weighted by Gasteiger charge is -2.22. The number of aromatic nitrogens is 3. The van der Waals surface area contributed by atoms with Crippen molar-refractivity contribution in [3.8, 4) is 5.69 Å². The van der Waals surface area contributed by atoms with E-state index in [0.717, 1.165) is 16.9 Å². The zero-order valence-electron chi connectivity index (χ0n) is 19.4. The van der Waals surface area contributed by atoms with Crippen molar-refractivity contribution in [3.05, 3.63) is 58.7 Å². The molecular weight excluding hydrogens is 442 g/mol. The van der Waals surface area contributed by atoms with Gasteiger partial charge in [0, 0.05) is 26.2 Å². The summed E-state index contributed by atoms with van der Waals surface area (Å²) in [6.45, 7) is 8.57. The Kier molecular flexibility index (Phi) is 6.40. The molecule has 33 heavy (non-hydrogen) atoms. The molecule has 0 aliphatic carbocycles. The van der Waals surface area contributed by atoms with E-state index in [2.05, 4.69) is 10.3 Å². The van der Waals surface area contributed by atoms with Crippen molar-refractivity contribution in [2.45, 2.75) is 45.4 Å². The van der Waals surface area contributed by atoms with Crippen molar-refractivity contribution in [2.24, 2.45) is 0 Å². The van der Waals surface area contributed by atoms with Crippen LogP contribution in [-0.4, -0.2) is 64.6 Å². The van der Waals surface area contributed by atoms with Gasteiger partial charge in [0.25, 0.3) is 5.91 Å². The number of sulfonamides is 1. The van der Waals surface area contributed by atoms with Crippen molar-refractivity contribution in [1.29, 1.82) is 0 Å². The molecule has 176 valence electrons. The minimum absolute atomic E-state index is 0.120. The van der Waals surface area contributed by atoms with Gasteiger partial charge in [-0.1, -0.05) is 29.8 Å². The van der Waals surface area contributed by atoms with Crippen LogP contribution in [0, 0.1) is 20.8 Å². The van der Waals surface area contributed by atoms with Crippen LogP contribution in [0.4, 0.5) is 0 Å². The van der Waals surface area contributed by atoms with Crippen molar-refractivity contribution < 1.29 is 17.7 Å². The summed E-state index contributed by atoms with van der Waals surface area (Å²) in [4.78, 5) is 15.2. The van der Waals surface area contributed by atoms with Gasteiger partial charge in [0.1, 0.15) is 10.6 Å². The molecule has 9 nitrogen and oxygen atoms in total. The fraction of sp³-hybridized carbons (Fsp3) is 0.435. The molecule has 0 atom stereocenters. The van der Waals surface area contributed by atoms with Crippen LogP contribution in [0.3, 0.4) is 0 Å². The summed E-state index contributed by atoms with van der Waals surface area (Å²) in [5.41, 5.74) is 3.80. The minimum Gasteiger partial charge on any atom is -0.360 e. The van der Waals surface area contributed by atoms with Gasteiger partial charge in [0.2, 0.25) is 10.0 Å². The maximum Gasteiger partial charge on any atom is 0.257 e. The first kappa shape index (κ1) is 23.2. The maximum absolute atomic E-state index is 13.4. The van der Waals surface area contributed by atoms with Crippen molar-refractivity contribution in [2.75, 3.05) is 26.2 Å². The van der Waals surface area contributed by atoms with E-state index in [0.29, 0.717) is 43.7 Å². The maximum atomic E-state index is 13.4. The van der Waals surface area contributed by atoms with Gasteiger partial charge in [-0.2, -0.15) is 9.40 Å². The van der Waals surface area contributed by atoms with Crippen LogP contribution >= 0.6 is 0 Å². The van der Waals surface area contributed by atoms with E-state index in [-0.39, 0.29) is 23.1 Å². The van der Waals surface area contributed by atoms with Crippen LogP contribution in [0.1, 0.15) is 46.4 Å². The number of amides is 1. The molecule has 1 aliphatic rings. The van der Waals surface area contributed by atoms with Crippen LogP contribution < -0.4 is 0 Å². The third-order valence-electron chi connectivity index (χ3n) is 6.02. The van der Waals surface area contributed by atoms with E-state index in [4.69, 9.17) is 4.52 Å². The predicted octanol–water partition coefficient (Wildman–Crippen LogP) is 2.88. The molecule has 1 aliphatic heterocycles. The van der Waals surface area contributed by atoms with E-state index in [1.165, 1.54) is 4.31 Å². The standard InChI is InChI=1S/C23H29N5O4S/c1-5-21-20(15-24-28(21)19-9-7-16(2)8-10-19)23(29)26-11-6-12-27(14-13-26)33(30,31)22-17(3)25-32-18(22)4/h7-10,15H,5-6,11-14H2,1-4H3. The Hall–Kier alpha value is -2.98. The van der Waals surface area contributed by atoms with Gasteiger partial charge < -0.3 is 9.42 Å². The van der Waals surface area contributed by atoms with Gasteiger partial charge >= 0.3 is 0 Å². The molecule has 0 saturated carbocycles. The second-order valence-corrected chi connectivity index (χ2v) is 10.2. The van der Waals surface area contributed by atoms with E-state index in [9.17, 15) is 13.2 Å². The van der Waals surface area contributed by atoms with Gasteiger partial charge in [-0.05, 0) is 45.7 Å². The zero-order valence-corrected chi connectivity index (χ0v) is 20.2. The Morgan fingerprint density at radius 2 is 1.79 bits per heavy atom. The van der Waals surface area contributed by atoms with Gasteiger partial charge in [0.15, 0.2) is 5.76 Å². The second kappa shape index (κ2) is 9.11. The zero-order chi connectivity index (χ0) is 23.8. The normalized spacial score (nSPS) is 15.6. The predicted molar refractivity (Wildman–Crippen MR) is 123 cm³/mol. The van der Waals surface area contributed by atoms with E-state index in [1.54, 1.807) is 29.6 Å². The number of nitrogens with zero attached hydrogens (tertiary/aromatic N) is 5. The van der Waals surface area contributed by atoms with Crippen molar-refractivity contribution in [1.82, 2.24) is 24.1 Å². The Morgan fingerprint density at radius 1 is 1.06 bits per heavy atom.